The lowest BCUT2D eigenvalue weighted by Crippen LogP contribution is -2.47. The number of hydrogen-bond donors (Lipinski definition) is 3. The van der Waals surface area contributed by atoms with Gasteiger partial charge in [0.2, 0.25) is 0 Å². The van der Waals surface area contributed by atoms with Crippen LogP contribution in [0.3, 0.4) is 0 Å². The van der Waals surface area contributed by atoms with E-state index in [0.717, 1.165) is 12.8 Å². The quantitative estimate of drug-likeness (QED) is 0.430. The van der Waals surface area contributed by atoms with Gasteiger partial charge in [0.05, 0.1) is 6.17 Å². The van der Waals surface area contributed by atoms with Gasteiger partial charge in [-0.3, -0.25) is 0 Å². The summed E-state index contributed by atoms with van der Waals surface area (Å²) < 4.78 is 0. The second kappa shape index (κ2) is 3.83. The van der Waals surface area contributed by atoms with Crippen LogP contribution in [0.2, 0.25) is 0 Å². The van der Waals surface area contributed by atoms with Crippen LogP contribution in [0, 0.1) is 0 Å². The molecule has 0 aromatic heterocycles. The molecule has 0 aliphatic rings. The van der Waals surface area contributed by atoms with Gasteiger partial charge >= 0.3 is 0 Å². The Morgan fingerprint density at radius 1 is 1.25 bits per heavy atom. The van der Waals surface area contributed by atoms with E-state index in [-0.39, 0.29) is 12.2 Å². The third-order valence-electron chi connectivity index (χ3n) is 1.12. The molecule has 0 fully saturated rings. The number of nitrogens with two attached hydrogens (primary N) is 3. The molecule has 0 aliphatic carbocycles. The summed E-state index contributed by atoms with van der Waals surface area (Å²) in [7, 11) is 0. The van der Waals surface area contributed by atoms with Crippen molar-refractivity contribution < 1.29 is 0 Å². The average molecular weight is 117 g/mol. The van der Waals surface area contributed by atoms with Crippen LogP contribution < -0.4 is 17.2 Å². The zero-order valence-electron chi connectivity index (χ0n) is 5.30. The van der Waals surface area contributed by atoms with Crippen LogP contribution in [-0.2, 0) is 0 Å². The predicted octanol–water partition coefficient (Wildman–Crippen LogP) is -0.643. The normalized spacial score (nSPS) is 14.6. The molecule has 0 radical (unpaired) electrons. The van der Waals surface area contributed by atoms with Crippen molar-refractivity contribution in [3.05, 3.63) is 0 Å². The SMILES string of the molecule is CCCC(N)C(N)N. The van der Waals surface area contributed by atoms with Gasteiger partial charge in [-0.25, -0.2) is 0 Å². The van der Waals surface area contributed by atoms with Crippen molar-refractivity contribution >= 4 is 0 Å². The highest BCUT2D eigenvalue weighted by molar-refractivity contribution is 4.68. The van der Waals surface area contributed by atoms with Crippen LogP contribution in [0.25, 0.3) is 0 Å². The summed E-state index contributed by atoms with van der Waals surface area (Å²) >= 11 is 0. The summed E-state index contributed by atoms with van der Waals surface area (Å²) in [5, 5.41) is 0. The van der Waals surface area contributed by atoms with E-state index in [0.29, 0.717) is 0 Å². The van der Waals surface area contributed by atoms with Gasteiger partial charge in [0.1, 0.15) is 0 Å². The molecule has 1 unspecified atom stereocenters. The summed E-state index contributed by atoms with van der Waals surface area (Å²) in [5.74, 6) is 0. The molecule has 0 spiro atoms. The van der Waals surface area contributed by atoms with Crippen molar-refractivity contribution in [3.63, 3.8) is 0 Å². The highest BCUT2D eigenvalue weighted by Gasteiger charge is 2.04. The van der Waals surface area contributed by atoms with E-state index < -0.39 is 0 Å². The van der Waals surface area contributed by atoms with E-state index >= 15 is 0 Å². The Morgan fingerprint density at radius 3 is 1.88 bits per heavy atom. The summed E-state index contributed by atoms with van der Waals surface area (Å²) in [5.41, 5.74) is 16.0. The van der Waals surface area contributed by atoms with E-state index in [9.17, 15) is 0 Å². The van der Waals surface area contributed by atoms with Gasteiger partial charge in [-0.15, -0.1) is 0 Å². The van der Waals surface area contributed by atoms with E-state index in [4.69, 9.17) is 17.2 Å². The summed E-state index contributed by atoms with van der Waals surface area (Å²) in [6, 6.07) is -0.0278. The first-order valence-electron chi connectivity index (χ1n) is 2.95. The van der Waals surface area contributed by atoms with Crippen LogP contribution in [-0.4, -0.2) is 12.2 Å². The zero-order valence-corrected chi connectivity index (χ0v) is 5.30. The Hall–Kier alpha value is -0.120. The van der Waals surface area contributed by atoms with Gasteiger partial charge in [-0.05, 0) is 6.42 Å². The van der Waals surface area contributed by atoms with Gasteiger partial charge in [-0.2, -0.15) is 0 Å². The van der Waals surface area contributed by atoms with Crippen LogP contribution >= 0.6 is 0 Å². The van der Waals surface area contributed by atoms with Crippen LogP contribution in [0.1, 0.15) is 19.8 Å². The Labute approximate surface area is 50.2 Å². The van der Waals surface area contributed by atoms with Crippen molar-refractivity contribution in [1.82, 2.24) is 0 Å². The monoisotopic (exact) mass is 117 g/mol. The molecule has 3 heteroatoms. The molecule has 0 aliphatic heterocycles. The molecule has 0 aromatic carbocycles. The second-order valence-electron chi connectivity index (χ2n) is 2.03. The molecule has 0 rings (SSSR count). The second-order valence-corrected chi connectivity index (χ2v) is 2.03. The summed E-state index contributed by atoms with van der Waals surface area (Å²) in [4.78, 5) is 0. The number of hydrogen-bond acceptors (Lipinski definition) is 3. The third-order valence-corrected chi connectivity index (χ3v) is 1.12. The van der Waals surface area contributed by atoms with E-state index in [1.54, 1.807) is 0 Å². The number of rotatable bonds is 3. The standard InChI is InChI=1S/C5H15N3/c1-2-3-4(6)5(7)8/h4-5H,2-3,6-8H2,1H3. The van der Waals surface area contributed by atoms with Crippen molar-refractivity contribution in [2.24, 2.45) is 17.2 Å². The highest BCUT2D eigenvalue weighted by Crippen LogP contribution is 1.91. The minimum Gasteiger partial charge on any atom is -0.325 e. The molecule has 3 nitrogen and oxygen atoms in total. The first kappa shape index (κ1) is 7.88. The molecule has 50 valence electrons. The largest absolute Gasteiger partial charge is 0.325 e. The maximum atomic E-state index is 5.48. The van der Waals surface area contributed by atoms with Crippen molar-refractivity contribution in [3.8, 4) is 0 Å². The Bertz CT molecular complexity index is 53.6. The maximum absolute atomic E-state index is 5.48. The summed E-state index contributed by atoms with van der Waals surface area (Å²) in [6.45, 7) is 2.06. The van der Waals surface area contributed by atoms with Crippen LogP contribution in [0.4, 0.5) is 0 Å². The first-order valence-corrected chi connectivity index (χ1v) is 2.95. The van der Waals surface area contributed by atoms with Crippen LogP contribution in [0.5, 0.6) is 0 Å². The fraction of sp³-hybridized carbons (Fsp3) is 1.00. The molecule has 6 N–H and O–H groups in total. The Morgan fingerprint density at radius 2 is 1.75 bits per heavy atom. The lowest BCUT2D eigenvalue weighted by Gasteiger charge is -2.12. The van der Waals surface area contributed by atoms with Gasteiger partial charge in [-0.1, -0.05) is 13.3 Å². The molecule has 1 atom stereocenters. The van der Waals surface area contributed by atoms with Gasteiger partial charge in [0.15, 0.2) is 0 Å². The molecule has 0 amide bonds. The Balaban J connectivity index is 3.17. The molecular formula is C5H15N3. The van der Waals surface area contributed by atoms with E-state index in [2.05, 4.69) is 6.92 Å². The zero-order chi connectivity index (χ0) is 6.57. The van der Waals surface area contributed by atoms with Crippen molar-refractivity contribution in [2.45, 2.75) is 32.0 Å². The minimum atomic E-state index is -0.352. The molecule has 0 saturated heterocycles. The van der Waals surface area contributed by atoms with E-state index in [1.165, 1.54) is 0 Å². The molecule has 0 saturated carbocycles. The first-order chi connectivity index (χ1) is 3.68. The maximum Gasteiger partial charge on any atom is 0.0677 e. The lowest BCUT2D eigenvalue weighted by atomic mass is 10.1. The third kappa shape index (κ3) is 2.96. The average Bonchev–Trinajstić information content (AvgIpc) is 1.67. The molecule has 0 bridgehead atoms. The minimum absolute atomic E-state index is 0.0278. The van der Waals surface area contributed by atoms with Gasteiger partial charge in [0, 0.05) is 6.04 Å². The molecule has 8 heavy (non-hydrogen) atoms. The van der Waals surface area contributed by atoms with Gasteiger partial charge < -0.3 is 17.2 Å². The smallest absolute Gasteiger partial charge is 0.0677 e. The lowest BCUT2D eigenvalue weighted by molar-refractivity contribution is 0.502. The van der Waals surface area contributed by atoms with Crippen LogP contribution in [0.15, 0.2) is 0 Å². The fourth-order valence-electron chi connectivity index (χ4n) is 0.526. The van der Waals surface area contributed by atoms with Crippen molar-refractivity contribution in [1.29, 1.82) is 0 Å². The molecule has 0 aromatic rings. The van der Waals surface area contributed by atoms with Crippen molar-refractivity contribution in [2.75, 3.05) is 0 Å². The highest BCUT2D eigenvalue weighted by atomic mass is 14.9. The fourth-order valence-corrected chi connectivity index (χ4v) is 0.526. The topological polar surface area (TPSA) is 78.1 Å². The van der Waals surface area contributed by atoms with Gasteiger partial charge in [0.25, 0.3) is 0 Å². The Kier molecular flexibility index (Phi) is 3.77. The molecule has 0 heterocycles. The summed E-state index contributed by atoms with van der Waals surface area (Å²) in [6.07, 6.45) is 1.61. The predicted molar refractivity (Wildman–Crippen MR) is 35.0 cm³/mol. The van der Waals surface area contributed by atoms with E-state index in [1.807, 2.05) is 0 Å². The molecular weight excluding hydrogens is 102 g/mol.